The van der Waals surface area contributed by atoms with Crippen molar-refractivity contribution in [2.45, 2.75) is 97.4 Å². The number of carbonyl (C=O) groups excluding carboxylic acids is 3. The van der Waals surface area contributed by atoms with Gasteiger partial charge in [-0.3, -0.25) is 14.5 Å². The second-order valence-corrected chi connectivity index (χ2v) is 17.4. The van der Waals surface area contributed by atoms with Gasteiger partial charge in [0.25, 0.3) is 0 Å². The molecule has 14 heteroatoms. The van der Waals surface area contributed by atoms with Crippen molar-refractivity contribution >= 4 is 35.1 Å². The number of hydrogen-bond donors (Lipinski definition) is 2. The summed E-state index contributed by atoms with van der Waals surface area (Å²) in [5.41, 5.74) is 4.34. The topological polar surface area (TPSA) is 145 Å². The van der Waals surface area contributed by atoms with Gasteiger partial charge in [-0.1, -0.05) is 43.3 Å². The normalized spacial score (nSPS) is 22.4. The number of thiazole rings is 1. The first kappa shape index (κ1) is 39.7. The molecule has 294 valence electrons. The molecule has 1 aromatic carbocycles. The third-order valence-electron chi connectivity index (χ3n) is 10.8. The van der Waals surface area contributed by atoms with E-state index in [0.29, 0.717) is 24.0 Å². The van der Waals surface area contributed by atoms with Gasteiger partial charge in [-0.25, -0.2) is 9.78 Å². The molecule has 5 heterocycles. The van der Waals surface area contributed by atoms with Gasteiger partial charge in [0.1, 0.15) is 17.6 Å². The number of likely N-dealkylation sites (tertiary alicyclic amines) is 2. The average Bonchev–Trinajstić information content (AvgIpc) is 3.88. The second kappa shape index (κ2) is 16.8. The molecule has 3 saturated heterocycles. The number of amides is 3. The average molecular weight is 764 g/mol. The van der Waals surface area contributed by atoms with Crippen LogP contribution in [0.25, 0.3) is 10.4 Å². The number of aryl methyl sites for hydroxylation is 1. The Morgan fingerprint density at radius 3 is 2.43 bits per heavy atom. The Hall–Kier alpha value is -4.01. The largest absolute Gasteiger partial charge is 0.444 e. The quantitative estimate of drug-likeness (QED) is 0.274. The molecule has 2 aromatic heterocycles. The fourth-order valence-corrected chi connectivity index (χ4v) is 8.73. The van der Waals surface area contributed by atoms with Crippen molar-refractivity contribution in [2.24, 2.45) is 11.8 Å². The highest BCUT2D eigenvalue weighted by molar-refractivity contribution is 7.13. The van der Waals surface area contributed by atoms with Gasteiger partial charge in [0, 0.05) is 64.8 Å². The maximum atomic E-state index is 14.2. The molecule has 0 bridgehead atoms. The highest BCUT2D eigenvalue weighted by Crippen LogP contribution is 2.34. The van der Waals surface area contributed by atoms with E-state index in [1.165, 1.54) is 4.90 Å². The third-order valence-corrected chi connectivity index (χ3v) is 11.8. The fourth-order valence-electron chi connectivity index (χ4n) is 7.92. The molecule has 0 aliphatic carbocycles. The minimum Gasteiger partial charge on any atom is -0.444 e. The first-order valence-electron chi connectivity index (χ1n) is 19.4. The van der Waals surface area contributed by atoms with Crippen molar-refractivity contribution in [3.8, 4) is 10.4 Å². The van der Waals surface area contributed by atoms with Gasteiger partial charge in [-0.15, -0.1) is 11.3 Å². The van der Waals surface area contributed by atoms with Gasteiger partial charge in [-0.2, -0.15) is 0 Å². The molecule has 0 radical (unpaired) electrons. The smallest absolute Gasteiger partial charge is 0.410 e. The van der Waals surface area contributed by atoms with Crippen LogP contribution in [-0.4, -0.2) is 118 Å². The van der Waals surface area contributed by atoms with E-state index in [2.05, 4.69) is 25.3 Å². The van der Waals surface area contributed by atoms with E-state index in [9.17, 15) is 19.5 Å². The van der Waals surface area contributed by atoms with Crippen LogP contribution in [0.1, 0.15) is 89.8 Å². The van der Waals surface area contributed by atoms with Gasteiger partial charge in [0.05, 0.1) is 28.2 Å². The number of carbonyl (C=O) groups is 3. The molecule has 3 amide bonds. The predicted molar refractivity (Wildman–Crippen MR) is 208 cm³/mol. The Balaban J connectivity index is 1.04. The summed E-state index contributed by atoms with van der Waals surface area (Å²) in [7, 11) is 0. The molecule has 2 N–H and O–H groups in total. The summed E-state index contributed by atoms with van der Waals surface area (Å²) in [5.74, 6) is 0.218. The number of aliphatic hydroxyl groups is 1. The van der Waals surface area contributed by atoms with Crippen LogP contribution in [0.2, 0.25) is 0 Å². The zero-order valence-electron chi connectivity index (χ0n) is 32.8. The van der Waals surface area contributed by atoms with Crippen LogP contribution in [0.5, 0.6) is 0 Å². The van der Waals surface area contributed by atoms with E-state index in [0.717, 1.165) is 73.8 Å². The van der Waals surface area contributed by atoms with Gasteiger partial charge in [-0.05, 0) is 70.4 Å². The van der Waals surface area contributed by atoms with Crippen LogP contribution < -0.4 is 10.2 Å². The van der Waals surface area contributed by atoms with Crippen LogP contribution in [-0.2, 0) is 14.3 Å². The molecular weight excluding hydrogens is 707 g/mol. The summed E-state index contributed by atoms with van der Waals surface area (Å²) in [6.07, 6.45) is 1.21. The van der Waals surface area contributed by atoms with Crippen molar-refractivity contribution < 1.29 is 28.8 Å². The minimum atomic E-state index is -0.801. The number of aromatic nitrogens is 2. The Morgan fingerprint density at radius 1 is 1.06 bits per heavy atom. The molecule has 3 aliphatic heterocycles. The lowest BCUT2D eigenvalue weighted by Crippen LogP contribution is -2.50. The van der Waals surface area contributed by atoms with Crippen LogP contribution in [0.3, 0.4) is 0 Å². The molecule has 13 nitrogen and oxygen atoms in total. The van der Waals surface area contributed by atoms with Gasteiger partial charge in [0.15, 0.2) is 11.6 Å². The Morgan fingerprint density at radius 2 is 1.78 bits per heavy atom. The maximum Gasteiger partial charge on any atom is 0.410 e. The molecule has 54 heavy (non-hydrogen) atoms. The van der Waals surface area contributed by atoms with E-state index in [1.807, 2.05) is 89.2 Å². The first-order chi connectivity index (χ1) is 25.7. The van der Waals surface area contributed by atoms with Crippen LogP contribution in [0.15, 0.2) is 40.4 Å². The molecule has 0 saturated carbocycles. The van der Waals surface area contributed by atoms with Gasteiger partial charge < -0.3 is 34.4 Å². The lowest BCUT2D eigenvalue weighted by atomic mass is 9.91. The molecule has 0 spiro atoms. The standard InChI is InChI=1S/C40H57N7O6S/c1-25(2)35(33-20-34(43-53-33)45-17-15-44(16-18-45)21-28-9-8-14-46(22-28)39(51)52-40(5,6)7)38(50)47-23-31(48)19-32(47)37(49)42-26(3)29-10-12-30(13-11-29)36-27(4)41-24-54-36/h10-13,20,24-26,28,31-32,35,48H,8-9,14-19,21-23H2,1-7H3,(H,42,49)/t26-,28-,31+,32-,35+/m0/s1. The van der Waals surface area contributed by atoms with E-state index < -0.39 is 23.7 Å². The molecule has 5 atom stereocenters. The summed E-state index contributed by atoms with van der Waals surface area (Å²) in [6, 6.07) is 8.83. The lowest BCUT2D eigenvalue weighted by Gasteiger charge is -2.39. The maximum absolute atomic E-state index is 14.2. The lowest BCUT2D eigenvalue weighted by molar-refractivity contribution is -0.141. The monoisotopic (exact) mass is 763 g/mol. The third kappa shape index (κ3) is 9.43. The molecular formula is C40H57N7O6S. The number of rotatable bonds is 10. The fraction of sp³-hybridized carbons (Fsp3) is 0.625. The van der Waals surface area contributed by atoms with Crippen molar-refractivity contribution in [1.82, 2.24) is 30.2 Å². The summed E-state index contributed by atoms with van der Waals surface area (Å²) < 4.78 is 11.5. The number of β-amino-alcohol motifs (C(OH)–C–C–N with tert-alkyl or cyclic N) is 1. The summed E-state index contributed by atoms with van der Waals surface area (Å²) >= 11 is 1.60. The van der Waals surface area contributed by atoms with E-state index in [1.54, 1.807) is 11.3 Å². The number of piperazine rings is 1. The van der Waals surface area contributed by atoms with E-state index in [-0.39, 0.29) is 42.8 Å². The van der Waals surface area contributed by atoms with Crippen molar-refractivity contribution in [3.63, 3.8) is 0 Å². The summed E-state index contributed by atoms with van der Waals surface area (Å²) in [5, 5.41) is 18.2. The second-order valence-electron chi connectivity index (χ2n) is 16.5. The number of piperidine rings is 1. The van der Waals surface area contributed by atoms with Gasteiger partial charge in [0.2, 0.25) is 11.8 Å². The zero-order chi connectivity index (χ0) is 38.7. The number of benzene rings is 1. The molecule has 3 aliphatic rings. The predicted octanol–water partition coefficient (Wildman–Crippen LogP) is 5.45. The number of hydrogen-bond acceptors (Lipinski definition) is 11. The molecule has 6 rings (SSSR count). The number of nitrogens with zero attached hydrogens (tertiary/aromatic N) is 6. The van der Waals surface area contributed by atoms with Gasteiger partial charge >= 0.3 is 6.09 Å². The van der Waals surface area contributed by atoms with Crippen LogP contribution >= 0.6 is 11.3 Å². The highest BCUT2D eigenvalue weighted by Gasteiger charge is 2.44. The van der Waals surface area contributed by atoms with Crippen molar-refractivity contribution in [1.29, 1.82) is 0 Å². The van der Waals surface area contributed by atoms with E-state index >= 15 is 0 Å². The van der Waals surface area contributed by atoms with E-state index in [4.69, 9.17) is 9.26 Å². The van der Waals surface area contributed by atoms with Crippen LogP contribution in [0, 0.1) is 18.8 Å². The number of aliphatic hydroxyl groups excluding tert-OH is 1. The van der Waals surface area contributed by atoms with Crippen molar-refractivity contribution in [2.75, 3.05) is 57.3 Å². The Kier molecular flexibility index (Phi) is 12.3. The minimum absolute atomic E-state index is 0.0803. The summed E-state index contributed by atoms with van der Waals surface area (Å²) in [6.45, 7) is 19.2. The summed E-state index contributed by atoms with van der Waals surface area (Å²) in [4.78, 5) is 54.0. The first-order valence-corrected chi connectivity index (χ1v) is 20.3. The van der Waals surface area contributed by atoms with Crippen LogP contribution in [0.4, 0.5) is 10.6 Å². The number of ether oxygens (including phenoxy) is 1. The zero-order valence-corrected chi connectivity index (χ0v) is 33.6. The Labute approximate surface area is 323 Å². The highest BCUT2D eigenvalue weighted by atomic mass is 32.1. The molecule has 3 aromatic rings. The molecule has 3 fully saturated rings. The number of nitrogens with one attached hydrogen (secondary N) is 1. The SMILES string of the molecule is Cc1ncsc1-c1ccc([C@H](C)NC(=O)[C@@H]2C[C@@H](O)CN2C(=O)[C@@H](c2cc(N3CCN(C[C@@H]4CCCN(C(=O)OC(C)(C)C)C4)CC3)no2)C(C)C)cc1. The van der Waals surface area contributed by atoms with Crippen molar-refractivity contribution in [3.05, 3.63) is 52.9 Å². The molecule has 0 unspecified atom stereocenters. The number of anilines is 1. The Bertz CT molecular complexity index is 1740.